The van der Waals surface area contributed by atoms with E-state index in [2.05, 4.69) is 20.2 Å². The second-order valence-electron chi connectivity index (χ2n) is 4.90. The van der Waals surface area contributed by atoms with Crippen molar-refractivity contribution >= 4 is 33.6 Å². The van der Waals surface area contributed by atoms with Crippen LogP contribution >= 0.6 is 11.3 Å². The molecular formula is C17H12N4OS. The van der Waals surface area contributed by atoms with Crippen LogP contribution in [0.15, 0.2) is 53.5 Å². The van der Waals surface area contributed by atoms with Gasteiger partial charge >= 0.3 is 0 Å². The minimum absolute atomic E-state index is 0.580. The van der Waals surface area contributed by atoms with Crippen molar-refractivity contribution in [2.24, 2.45) is 4.99 Å². The molecular weight excluding hydrogens is 308 g/mol. The second-order valence-corrected chi connectivity index (χ2v) is 5.85. The molecule has 2 heterocycles. The summed E-state index contributed by atoms with van der Waals surface area (Å²) in [5.41, 5.74) is 2.74. The summed E-state index contributed by atoms with van der Waals surface area (Å²) in [5.74, 6) is 0.818. The van der Waals surface area contributed by atoms with E-state index in [0.717, 1.165) is 32.9 Å². The Bertz CT molecular complexity index is 962. The van der Waals surface area contributed by atoms with Gasteiger partial charge in [-0.25, -0.2) is 9.98 Å². The zero-order valence-electron chi connectivity index (χ0n) is 12.3. The van der Waals surface area contributed by atoms with Crippen molar-refractivity contribution in [3.63, 3.8) is 0 Å². The van der Waals surface area contributed by atoms with Crippen LogP contribution in [0.1, 0.15) is 5.56 Å². The highest BCUT2D eigenvalue weighted by Crippen LogP contribution is 2.34. The predicted octanol–water partition coefficient (Wildman–Crippen LogP) is 3.95. The molecule has 4 rings (SSSR count). The number of hydrogen-bond donors (Lipinski definition) is 0. The minimum atomic E-state index is 0.580. The van der Waals surface area contributed by atoms with E-state index >= 15 is 0 Å². The molecule has 0 aliphatic carbocycles. The maximum atomic E-state index is 5.14. The highest BCUT2D eigenvalue weighted by molar-refractivity contribution is 7.18. The van der Waals surface area contributed by atoms with Crippen LogP contribution in [0.25, 0.3) is 21.6 Å². The van der Waals surface area contributed by atoms with E-state index in [-0.39, 0.29) is 0 Å². The normalized spacial score (nSPS) is 11.5. The zero-order chi connectivity index (χ0) is 15.6. The van der Waals surface area contributed by atoms with Crippen molar-refractivity contribution in [2.45, 2.75) is 0 Å². The number of aromatic nitrogens is 3. The average molecular weight is 320 g/mol. The van der Waals surface area contributed by atoms with Gasteiger partial charge in [0.15, 0.2) is 0 Å². The molecule has 0 unspecified atom stereocenters. The number of rotatable bonds is 3. The topological polar surface area (TPSA) is 60.3 Å². The Morgan fingerprint density at radius 1 is 1.04 bits per heavy atom. The molecule has 0 amide bonds. The maximum Gasteiger partial charge on any atom is 0.231 e. The van der Waals surface area contributed by atoms with Crippen LogP contribution in [0.5, 0.6) is 5.75 Å². The lowest BCUT2D eigenvalue weighted by Crippen LogP contribution is -1.86. The summed E-state index contributed by atoms with van der Waals surface area (Å²) in [6.07, 6.45) is 1.76. The average Bonchev–Trinajstić information content (AvgIpc) is 2.98. The molecule has 2 aromatic carbocycles. The molecule has 0 saturated heterocycles. The molecule has 0 N–H and O–H groups in total. The van der Waals surface area contributed by atoms with Crippen molar-refractivity contribution in [1.29, 1.82) is 0 Å². The number of benzene rings is 2. The zero-order valence-corrected chi connectivity index (χ0v) is 13.1. The van der Waals surface area contributed by atoms with E-state index in [4.69, 9.17) is 4.74 Å². The summed E-state index contributed by atoms with van der Waals surface area (Å²) in [5, 5.41) is 10.9. The number of para-hydroxylation sites is 1. The lowest BCUT2D eigenvalue weighted by atomic mass is 10.2. The molecule has 112 valence electrons. The lowest BCUT2D eigenvalue weighted by Gasteiger charge is -1.99. The van der Waals surface area contributed by atoms with Gasteiger partial charge in [-0.2, -0.15) is 0 Å². The molecule has 0 fully saturated rings. The molecule has 2 aromatic rings. The van der Waals surface area contributed by atoms with E-state index < -0.39 is 0 Å². The van der Waals surface area contributed by atoms with Crippen LogP contribution in [-0.4, -0.2) is 28.5 Å². The van der Waals surface area contributed by atoms with Gasteiger partial charge in [0.2, 0.25) is 5.13 Å². The maximum absolute atomic E-state index is 5.14. The van der Waals surface area contributed by atoms with Crippen molar-refractivity contribution < 1.29 is 4.74 Å². The van der Waals surface area contributed by atoms with Gasteiger partial charge in [-0.1, -0.05) is 29.5 Å². The molecule has 6 heteroatoms. The van der Waals surface area contributed by atoms with Crippen LogP contribution in [0, 0.1) is 0 Å². The Morgan fingerprint density at radius 2 is 1.87 bits per heavy atom. The largest absolute Gasteiger partial charge is 0.497 e. The third-order valence-corrected chi connectivity index (χ3v) is 4.29. The Balaban J connectivity index is 1.67. The first-order valence-electron chi connectivity index (χ1n) is 7.03. The summed E-state index contributed by atoms with van der Waals surface area (Å²) in [4.78, 5) is 8.97. The highest BCUT2D eigenvalue weighted by Gasteiger charge is 2.15. The van der Waals surface area contributed by atoms with Crippen molar-refractivity contribution in [2.75, 3.05) is 7.11 Å². The van der Waals surface area contributed by atoms with Crippen LogP contribution in [0.3, 0.4) is 0 Å². The highest BCUT2D eigenvalue weighted by atomic mass is 32.1. The van der Waals surface area contributed by atoms with E-state index in [1.807, 2.05) is 48.5 Å². The fraction of sp³-hybridized carbons (Fsp3) is 0.0588. The van der Waals surface area contributed by atoms with Crippen LogP contribution in [0.4, 0.5) is 5.13 Å². The Kier molecular flexibility index (Phi) is 3.44. The molecule has 2 aliphatic heterocycles. The fourth-order valence-corrected chi connectivity index (χ4v) is 3.04. The summed E-state index contributed by atoms with van der Waals surface area (Å²) >= 11 is 1.43. The minimum Gasteiger partial charge on any atom is -0.497 e. The van der Waals surface area contributed by atoms with Crippen LogP contribution in [-0.2, 0) is 0 Å². The number of ether oxygens (including phenoxy) is 1. The van der Waals surface area contributed by atoms with E-state index in [1.54, 1.807) is 13.3 Å². The molecule has 5 nitrogen and oxygen atoms in total. The number of methoxy groups -OCH3 is 1. The first kappa shape index (κ1) is 13.8. The predicted molar refractivity (Wildman–Crippen MR) is 92.1 cm³/mol. The van der Waals surface area contributed by atoms with Gasteiger partial charge in [-0.05, 0) is 35.9 Å². The first-order chi connectivity index (χ1) is 11.3. The van der Waals surface area contributed by atoms with E-state index in [9.17, 15) is 0 Å². The smallest absolute Gasteiger partial charge is 0.231 e. The van der Waals surface area contributed by atoms with Gasteiger partial charge in [0, 0.05) is 11.6 Å². The summed E-state index contributed by atoms with van der Waals surface area (Å²) in [6.45, 7) is 0. The summed E-state index contributed by atoms with van der Waals surface area (Å²) in [7, 11) is 1.65. The number of hydrogen-bond acceptors (Lipinski definition) is 6. The quantitative estimate of drug-likeness (QED) is 0.536. The third-order valence-electron chi connectivity index (χ3n) is 3.45. The molecule has 0 spiro atoms. The number of fused-ring (bicyclic) bond motifs is 3. The van der Waals surface area contributed by atoms with Crippen molar-refractivity contribution in [1.82, 2.24) is 15.2 Å². The molecule has 0 radical (unpaired) electrons. The Hall–Kier alpha value is -2.86. The molecule has 0 atom stereocenters. The standard InChI is InChI=1S/C17H12N4OS/c1-22-12-8-6-11(7-9-12)10-18-17-21-20-15-13-4-2-3-5-14(13)19-16(15)23-17/h2-10H,1H3/b18-10+. The van der Waals surface area contributed by atoms with Gasteiger partial charge in [-0.15, -0.1) is 10.2 Å². The van der Waals surface area contributed by atoms with Gasteiger partial charge in [-0.3, -0.25) is 0 Å². The molecule has 23 heavy (non-hydrogen) atoms. The van der Waals surface area contributed by atoms with Gasteiger partial charge in [0.25, 0.3) is 0 Å². The second kappa shape index (κ2) is 5.73. The van der Waals surface area contributed by atoms with Crippen LogP contribution < -0.4 is 4.74 Å². The number of aliphatic imine (C=N–C) groups is 1. The third kappa shape index (κ3) is 2.64. The summed E-state index contributed by atoms with van der Waals surface area (Å²) in [6, 6.07) is 15.6. The SMILES string of the molecule is COc1ccc(/C=N/c2nnc3c4ccccc4nc-3s2)cc1. The van der Waals surface area contributed by atoms with Crippen molar-refractivity contribution in [3.05, 3.63) is 54.1 Å². The Morgan fingerprint density at radius 3 is 2.70 bits per heavy atom. The lowest BCUT2D eigenvalue weighted by molar-refractivity contribution is 0.415. The van der Waals surface area contributed by atoms with Crippen molar-refractivity contribution in [3.8, 4) is 16.5 Å². The van der Waals surface area contributed by atoms with Gasteiger partial charge in [0.05, 0.1) is 12.6 Å². The number of nitrogens with zero attached hydrogens (tertiary/aromatic N) is 4. The monoisotopic (exact) mass is 320 g/mol. The van der Waals surface area contributed by atoms with Crippen LogP contribution in [0.2, 0.25) is 0 Å². The van der Waals surface area contributed by atoms with E-state index in [0.29, 0.717) is 5.13 Å². The molecule has 0 bridgehead atoms. The first-order valence-corrected chi connectivity index (χ1v) is 7.85. The fourth-order valence-electron chi connectivity index (χ4n) is 2.29. The molecule has 0 saturated carbocycles. The summed E-state index contributed by atoms with van der Waals surface area (Å²) < 4.78 is 5.14. The van der Waals surface area contributed by atoms with E-state index in [1.165, 1.54) is 11.3 Å². The van der Waals surface area contributed by atoms with Gasteiger partial charge < -0.3 is 4.74 Å². The van der Waals surface area contributed by atoms with Gasteiger partial charge in [0.1, 0.15) is 16.5 Å². The Labute approximate surface area is 136 Å². The molecule has 0 aromatic heterocycles. The molecule has 2 aliphatic rings.